The van der Waals surface area contributed by atoms with Crippen molar-refractivity contribution >= 4 is 17.9 Å². The van der Waals surface area contributed by atoms with Crippen LogP contribution < -0.4 is 5.73 Å². The Kier molecular flexibility index (Phi) is 41.2. The standard InChI is InChI=1S/C23H43NO5.C22H46O/c1-2-3-4-5-6-7-8-9-10-11-12-13-14-15-16-17-22(27)29-23(28)20(24)18-19-21(25)26;1-4-7-10-13-14-15-18-21-22(23,19-16-11-8-5-2)20-17-12-9-6-3/h20H,2-19,24H2,1H3,(H,25,26);23H,4-21H2,1-3H3. The smallest absolute Gasteiger partial charge is 0.330 e. The van der Waals surface area contributed by atoms with Gasteiger partial charge in [-0.25, -0.2) is 4.79 Å². The zero-order valence-corrected chi connectivity index (χ0v) is 35.1. The van der Waals surface area contributed by atoms with Gasteiger partial charge in [-0.05, 0) is 32.1 Å². The third-order valence-electron chi connectivity index (χ3n) is 10.4. The highest BCUT2D eigenvalue weighted by atomic mass is 16.6. The summed E-state index contributed by atoms with van der Waals surface area (Å²) in [7, 11) is 0. The summed E-state index contributed by atoms with van der Waals surface area (Å²) < 4.78 is 4.67. The molecule has 0 aromatic heterocycles. The van der Waals surface area contributed by atoms with Crippen LogP contribution in [-0.4, -0.2) is 39.8 Å². The molecule has 1 atom stereocenters. The number of aliphatic hydroxyl groups is 1. The highest BCUT2D eigenvalue weighted by molar-refractivity contribution is 5.88. The van der Waals surface area contributed by atoms with Gasteiger partial charge in [0, 0.05) is 12.8 Å². The molecule has 0 fully saturated rings. The minimum Gasteiger partial charge on any atom is -0.481 e. The van der Waals surface area contributed by atoms with Crippen molar-refractivity contribution in [1.82, 2.24) is 0 Å². The third-order valence-corrected chi connectivity index (χ3v) is 10.4. The molecule has 0 aromatic rings. The Balaban J connectivity index is 0. The van der Waals surface area contributed by atoms with Gasteiger partial charge in [-0.3, -0.25) is 9.59 Å². The van der Waals surface area contributed by atoms with E-state index in [1.54, 1.807) is 0 Å². The first-order valence-corrected chi connectivity index (χ1v) is 22.6. The summed E-state index contributed by atoms with van der Waals surface area (Å²) in [4.78, 5) is 33.6. The van der Waals surface area contributed by atoms with Gasteiger partial charge in [0.2, 0.25) is 0 Å². The number of ether oxygens (including phenoxy) is 1. The van der Waals surface area contributed by atoms with Crippen LogP contribution >= 0.6 is 0 Å². The summed E-state index contributed by atoms with van der Waals surface area (Å²) in [5.74, 6) is -2.44. The van der Waals surface area contributed by atoms with Crippen molar-refractivity contribution in [1.29, 1.82) is 0 Å². The summed E-state index contributed by atoms with van der Waals surface area (Å²) in [6.45, 7) is 9.05. The van der Waals surface area contributed by atoms with Gasteiger partial charge in [0.25, 0.3) is 0 Å². The molecule has 0 aliphatic rings. The Morgan fingerprint density at radius 1 is 0.481 bits per heavy atom. The van der Waals surface area contributed by atoms with E-state index in [1.807, 2.05) is 0 Å². The molecular weight excluding hydrogens is 650 g/mol. The van der Waals surface area contributed by atoms with Gasteiger partial charge in [-0.2, -0.15) is 0 Å². The molecule has 4 N–H and O–H groups in total. The van der Waals surface area contributed by atoms with Gasteiger partial charge in [0.1, 0.15) is 6.04 Å². The molecule has 0 aliphatic carbocycles. The zero-order valence-electron chi connectivity index (χ0n) is 35.1. The first-order chi connectivity index (χ1) is 25.2. The topological polar surface area (TPSA) is 127 Å². The second-order valence-electron chi connectivity index (χ2n) is 15.7. The predicted molar refractivity (Wildman–Crippen MR) is 221 cm³/mol. The maximum atomic E-state index is 11.6. The van der Waals surface area contributed by atoms with E-state index in [9.17, 15) is 19.5 Å². The van der Waals surface area contributed by atoms with Gasteiger partial charge in [-0.15, -0.1) is 0 Å². The maximum absolute atomic E-state index is 11.6. The fraction of sp³-hybridized carbons (Fsp3) is 0.933. The van der Waals surface area contributed by atoms with Crippen LogP contribution in [0.3, 0.4) is 0 Å². The van der Waals surface area contributed by atoms with E-state index >= 15 is 0 Å². The first kappa shape index (κ1) is 52.6. The lowest BCUT2D eigenvalue weighted by Gasteiger charge is -2.28. The molecule has 0 saturated carbocycles. The lowest BCUT2D eigenvalue weighted by atomic mass is 9.85. The number of carboxylic acid groups (broad SMARTS) is 1. The molecule has 0 aliphatic heterocycles. The number of nitrogens with two attached hydrogens (primary N) is 1. The van der Waals surface area contributed by atoms with Crippen LogP contribution in [0.1, 0.15) is 259 Å². The van der Waals surface area contributed by atoms with E-state index in [4.69, 9.17) is 10.8 Å². The molecule has 0 aromatic carbocycles. The van der Waals surface area contributed by atoms with Gasteiger partial charge >= 0.3 is 17.9 Å². The Hall–Kier alpha value is -1.47. The molecule has 0 spiro atoms. The molecule has 0 amide bonds. The summed E-state index contributed by atoms with van der Waals surface area (Å²) in [6, 6.07) is -1.06. The van der Waals surface area contributed by atoms with Crippen molar-refractivity contribution < 1.29 is 29.3 Å². The van der Waals surface area contributed by atoms with Crippen LogP contribution in [0.15, 0.2) is 0 Å². The lowest BCUT2D eigenvalue weighted by molar-refractivity contribution is -0.160. The van der Waals surface area contributed by atoms with Crippen molar-refractivity contribution in [2.24, 2.45) is 5.73 Å². The van der Waals surface area contributed by atoms with Gasteiger partial charge in [0.05, 0.1) is 5.60 Å². The molecule has 1 unspecified atom stereocenters. The Morgan fingerprint density at radius 3 is 1.10 bits per heavy atom. The van der Waals surface area contributed by atoms with Gasteiger partial charge in [-0.1, -0.05) is 214 Å². The van der Waals surface area contributed by atoms with Crippen molar-refractivity contribution in [2.45, 2.75) is 270 Å². The molecule has 7 heteroatoms. The molecule has 0 saturated heterocycles. The van der Waals surface area contributed by atoms with Crippen molar-refractivity contribution in [3.8, 4) is 0 Å². The summed E-state index contributed by atoms with van der Waals surface area (Å²) in [5, 5.41) is 19.6. The van der Waals surface area contributed by atoms with Gasteiger partial charge in [0.15, 0.2) is 0 Å². The number of hydrogen-bond acceptors (Lipinski definition) is 6. The normalized spacial score (nSPS) is 12.0. The quantitative estimate of drug-likeness (QED) is 0.0327. The van der Waals surface area contributed by atoms with E-state index in [0.717, 1.165) is 32.1 Å². The maximum Gasteiger partial charge on any atom is 0.330 e. The first-order valence-electron chi connectivity index (χ1n) is 22.6. The largest absolute Gasteiger partial charge is 0.481 e. The van der Waals surface area contributed by atoms with Crippen LogP contribution in [0.25, 0.3) is 0 Å². The van der Waals surface area contributed by atoms with Crippen LogP contribution in [0.5, 0.6) is 0 Å². The SMILES string of the molecule is CCCCCCCCCC(O)(CCCCCC)CCCCCC.CCCCCCCCCCCCCCCCCC(=O)OC(=O)C(N)CCC(=O)O. The summed E-state index contributed by atoms with van der Waals surface area (Å²) in [6.07, 6.45) is 41.5. The van der Waals surface area contributed by atoms with Crippen LogP contribution in [0.4, 0.5) is 0 Å². The van der Waals surface area contributed by atoms with Gasteiger partial charge < -0.3 is 20.7 Å². The molecule has 310 valence electrons. The predicted octanol–water partition coefficient (Wildman–Crippen LogP) is 13.3. The number of carbonyl (C=O) groups is 3. The molecule has 0 radical (unpaired) electrons. The number of rotatable bonds is 38. The Bertz CT molecular complexity index is 776. The number of carboxylic acids is 1. The Morgan fingerprint density at radius 2 is 0.769 bits per heavy atom. The van der Waals surface area contributed by atoms with Crippen LogP contribution in [-0.2, 0) is 19.1 Å². The van der Waals surface area contributed by atoms with Crippen molar-refractivity contribution in [3.63, 3.8) is 0 Å². The minimum absolute atomic E-state index is 0.0274. The number of aliphatic carboxylic acids is 1. The highest BCUT2D eigenvalue weighted by Gasteiger charge is 2.25. The zero-order chi connectivity index (χ0) is 39.0. The summed E-state index contributed by atoms with van der Waals surface area (Å²) in [5.41, 5.74) is 5.15. The van der Waals surface area contributed by atoms with E-state index in [2.05, 4.69) is 32.4 Å². The fourth-order valence-electron chi connectivity index (χ4n) is 6.82. The monoisotopic (exact) mass is 740 g/mol. The molecule has 0 heterocycles. The average molecular weight is 740 g/mol. The molecule has 52 heavy (non-hydrogen) atoms. The fourth-order valence-corrected chi connectivity index (χ4v) is 6.82. The van der Waals surface area contributed by atoms with Crippen LogP contribution in [0.2, 0.25) is 0 Å². The molecule has 0 bridgehead atoms. The number of esters is 2. The van der Waals surface area contributed by atoms with E-state index in [-0.39, 0.29) is 24.9 Å². The molecular formula is C45H89NO6. The van der Waals surface area contributed by atoms with Crippen molar-refractivity contribution in [3.05, 3.63) is 0 Å². The highest BCUT2D eigenvalue weighted by Crippen LogP contribution is 2.29. The molecule has 7 nitrogen and oxygen atoms in total. The average Bonchev–Trinajstić information content (AvgIpc) is 3.12. The number of unbranched alkanes of at least 4 members (excludes halogenated alkanes) is 26. The van der Waals surface area contributed by atoms with Crippen LogP contribution in [0, 0.1) is 0 Å². The second-order valence-corrected chi connectivity index (χ2v) is 15.7. The molecule has 0 rings (SSSR count). The summed E-state index contributed by atoms with van der Waals surface area (Å²) >= 11 is 0. The van der Waals surface area contributed by atoms with E-state index in [0.29, 0.717) is 6.42 Å². The lowest BCUT2D eigenvalue weighted by Crippen LogP contribution is -2.34. The van der Waals surface area contributed by atoms with Crippen molar-refractivity contribution in [2.75, 3.05) is 0 Å². The second kappa shape index (κ2) is 40.7. The third kappa shape index (κ3) is 39.7. The minimum atomic E-state index is -1.06. The number of hydrogen-bond donors (Lipinski definition) is 3. The van der Waals surface area contributed by atoms with E-state index in [1.165, 1.54) is 173 Å². The van der Waals surface area contributed by atoms with E-state index < -0.39 is 23.9 Å². The Labute approximate surface area is 322 Å². The number of carbonyl (C=O) groups excluding carboxylic acids is 2.